The number of barbiturate groups is 1. The van der Waals surface area contributed by atoms with Crippen LogP contribution in [0.3, 0.4) is 0 Å². The summed E-state index contributed by atoms with van der Waals surface area (Å²) in [6.45, 7) is 3.96. The summed E-state index contributed by atoms with van der Waals surface area (Å²) in [6.07, 6.45) is 3.50. The molecule has 0 atom stereocenters. The van der Waals surface area contributed by atoms with Gasteiger partial charge in [0.15, 0.2) is 11.5 Å². The third kappa shape index (κ3) is 6.08. The van der Waals surface area contributed by atoms with Crippen LogP contribution in [0.1, 0.15) is 16.7 Å². The highest BCUT2D eigenvalue weighted by atomic mass is 35.5. The number of nitrogens with one attached hydrogen (secondary N) is 1. The zero-order valence-corrected chi connectivity index (χ0v) is 22.6. The van der Waals surface area contributed by atoms with Gasteiger partial charge >= 0.3 is 6.03 Å². The Kier molecular flexibility index (Phi) is 8.59. The van der Waals surface area contributed by atoms with E-state index in [1.54, 1.807) is 60.7 Å². The van der Waals surface area contributed by atoms with Crippen LogP contribution >= 0.6 is 23.2 Å². The second-order valence-corrected chi connectivity index (χ2v) is 9.23. The molecule has 3 aromatic carbocycles. The number of halogens is 2. The number of amides is 4. The van der Waals surface area contributed by atoms with Gasteiger partial charge in [-0.05, 0) is 66.6 Å². The first-order chi connectivity index (χ1) is 18.7. The van der Waals surface area contributed by atoms with Gasteiger partial charge in [-0.1, -0.05) is 35.3 Å². The van der Waals surface area contributed by atoms with E-state index in [2.05, 4.69) is 11.9 Å². The molecule has 0 saturated carbocycles. The van der Waals surface area contributed by atoms with Crippen molar-refractivity contribution >= 4 is 52.8 Å². The van der Waals surface area contributed by atoms with Crippen LogP contribution in [0.4, 0.5) is 10.5 Å². The molecule has 0 aromatic heterocycles. The van der Waals surface area contributed by atoms with E-state index in [9.17, 15) is 14.4 Å². The summed E-state index contributed by atoms with van der Waals surface area (Å²) in [7, 11) is 2.99. The molecule has 8 nitrogen and oxygen atoms in total. The molecule has 3 aromatic rings. The highest BCUT2D eigenvalue weighted by Gasteiger charge is 2.37. The lowest BCUT2D eigenvalue weighted by atomic mass is 10.0. The largest absolute Gasteiger partial charge is 0.497 e. The summed E-state index contributed by atoms with van der Waals surface area (Å²) in [5.74, 6) is -0.191. The molecule has 10 heteroatoms. The lowest BCUT2D eigenvalue weighted by molar-refractivity contribution is -0.122. The van der Waals surface area contributed by atoms with Crippen LogP contribution in [0.25, 0.3) is 6.08 Å². The normalized spacial score (nSPS) is 14.3. The van der Waals surface area contributed by atoms with Crippen LogP contribution in [0.2, 0.25) is 10.0 Å². The Labute approximate surface area is 235 Å². The molecule has 4 amide bonds. The number of rotatable bonds is 9. The van der Waals surface area contributed by atoms with Crippen molar-refractivity contribution < 1.29 is 28.6 Å². The van der Waals surface area contributed by atoms with Crippen molar-refractivity contribution in [3.8, 4) is 17.2 Å². The van der Waals surface area contributed by atoms with Gasteiger partial charge in [0.25, 0.3) is 11.8 Å². The van der Waals surface area contributed by atoms with Crippen LogP contribution in [0, 0.1) is 0 Å². The zero-order valence-electron chi connectivity index (χ0n) is 21.1. The third-order valence-corrected chi connectivity index (χ3v) is 6.46. The van der Waals surface area contributed by atoms with Gasteiger partial charge in [0.1, 0.15) is 17.9 Å². The van der Waals surface area contributed by atoms with Gasteiger partial charge in [-0.15, -0.1) is 6.58 Å². The molecule has 0 aliphatic carbocycles. The summed E-state index contributed by atoms with van der Waals surface area (Å²) >= 11 is 12.3. The van der Waals surface area contributed by atoms with Crippen LogP contribution in [-0.2, 0) is 22.6 Å². The van der Waals surface area contributed by atoms with Gasteiger partial charge in [0, 0.05) is 21.2 Å². The molecule has 0 radical (unpaired) electrons. The number of nitrogens with zero attached hydrogens (tertiary/aromatic N) is 1. The number of imide groups is 2. The highest BCUT2D eigenvalue weighted by molar-refractivity contribution is 6.39. The lowest BCUT2D eigenvalue weighted by Gasteiger charge is -2.26. The molecular formula is C29H24Cl2N2O6. The fourth-order valence-corrected chi connectivity index (χ4v) is 4.43. The molecule has 1 aliphatic rings. The van der Waals surface area contributed by atoms with Crippen LogP contribution in [0.15, 0.2) is 72.8 Å². The number of benzene rings is 3. The molecule has 1 heterocycles. The maximum atomic E-state index is 13.3. The van der Waals surface area contributed by atoms with Crippen molar-refractivity contribution in [1.29, 1.82) is 0 Å². The number of methoxy groups -OCH3 is 2. The van der Waals surface area contributed by atoms with Gasteiger partial charge in [-0.25, -0.2) is 9.69 Å². The first-order valence-electron chi connectivity index (χ1n) is 11.7. The maximum Gasteiger partial charge on any atom is 0.335 e. The predicted molar refractivity (Wildman–Crippen MR) is 150 cm³/mol. The summed E-state index contributed by atoms with van der Waals surface area (Å²) in [5, 5.41) is 3.20. The number of hydrogen-bond donors (Lipinski definition) is 1. The summed E-state index contributed by atoms with van der Waals surface area (Å²) in [6, 6.07) is 14.0. The van der Waals surface area contributed by atoms with E-state index in [1.165, 1.54) is 20.3 Å². The first-order valence-corrected chi connectivity index (χ1v) is 12.4. The van der Waals surface area contributed by atoms with Crippen LogP contribution in [-0.4, -0.2) is 32.1 Å². The number of ether oxygens (including phenoxy) is 3. The van der Waals surface area contributed by atoms with E-state index in [1.807, 2.05) is 0 Å². The Balaban J connectivity index is 1.69. The van der Waals surface area contributed by atoms with E-state index < -0.39 is 17.8 Å². The summed E-state index contributed by atoms with van der Waals surface area (Å²) < 4.78 is 16.8. The molecule has 1 N–H and O–H groups in total. The molecular weight excluding hydrogens is 543 g/mol. The predicted octanol–water partition coefficient (Wildman–Crippen LogP) is 5.98. The SMILES string of the molecule is C=CCc1cc(/C=C2\C(=O)NC(=O)N(c3ccc(OC)cc3)C2=O)cc(OC)c1OCc1ccc(Cl)cc1Cl. The minimum atomic E-state index is -0.846. The highest BCUT2D eigenvalue weighted by Crippen LogP contribution is 2.36. The fourth-order valence-electron chi connectivity index (χ4n) is 3.97. The minimum absolute atomic E-state index is 0.150. The number of allylic oxidation sites excluding steroid dienone is 1. The smallest absolute Gasteiger partial charge is 0.335 e. The zero-order chi connectivity index (χ0) is 28.1. The van der Waals surface area contributed by atoms with Crippen molar-refractivity contribution in [2.45, 2.75) is 13.0 Å². The van der Waals surface area contributed by atoms with Crippen molar-refractivity contribution in [2.75, 3.05) is 19.1 Å². The van der Waals surface area contributed by atoms with Gasteiger partial charge < -0.3 is 14.2 Å². The van der Waals surface area contributed by atoms with Crippen molar-refractivity contribution in [3.05, 3.63) is 99.6 Å². The Hall–Kier alpha value is -4.27. The van der Waals surface area contributed by atoms with Gasteiger partial charge in [-0.3, -0.25) is 14.9 Å². The van der Waals surface area contributed by atoms with Gasteiger partial charge in [0.05, 0.1) is 19.9 Å². The Morgan fingerprint density at radius 2 is 1.69 bits per heavy atom. The minimum Gasteiger partial charge on any atom is -0.497 e. The quantitative estimate of drug-likeness (QED) is 0.194. The molecule has 200 valence electrons. The monoisotopic (exact) mass is 566 g/mol. The van der Waals surface area contributed by atoms with Crippen molar-refractivity contribution in [3.63, 3.8) is 0 Å². The van der Waals surface area contributed by atoms with Crippen molar-refractivity contribution in [1.82, 2.24) is 5.32 Å². The topological polar surface area (TPSA) is 94.2 Å². The molecule has 0 spiro atoms. The van der Waals surface area contributed by atoms with Crippen molar-refractivity contribution in [2.24, 2.45) is 0 Å². The molecule has 1 fully saturated rings. The number of urea groups is 1. The molecule has 1 saturated heterocycles. The third-order valence-electron chi connectivity index (χ3n) is 5.87. The van der Waals surface area contributed by atoms with Crippen LogP contribution < -0.4 is 24.4 Å². The molecule has 39 heavy (non-hydrogen) atoms. The number of hydrogen-bond acceptors (Lipinski definition) is 6. The lowest BCUT2D eigenvalue weighted by Crippen LogP contribution is -2.54. The fraction of sp³-hybridized carbons (Fsp3) is 0.138. The standard InChI is InChI=1S/C29H24Cl2N2O6/c1-4-5-18-12-17(14-25(38-3)26(18)39-16-19-6-7-20(30)15-24(19)31)13-23-27(34)32-29(36)33(28(23)35)21-8-10-22(37-2)11-9-21/h4,6-15H,1,5,16H2,2-3H3,(H,32,34,36)/b23-13+. The first kappa shape index (κ1) is 27.8. The van der Waals surface area contributed by atoms with E-state index in [0.717, 1.165) is 10.5 Å². The van der Waals surface area contributed by atoms with E-state index in [4.69, 9.17) is 37.4 Å². The van der Waals surface area contributed by atoms with Crippen LogP contribution in [0.5, 0.6) is 17.2 Å². The average molecular weight is 567 g/mol. The van der Waals surface area contributed by atoms with Gasteiger partial charge in [0.2, 0.25) is 0 Å². The average Bonchev–Trinajstić information content (AvgIpc) is 2.91. The Bertz CT molecular complexity index is 1480. The number of carbonyl (C=O) groups excluding carboxylic acids is 3. The maximum absolute atomic E-state index is 13.3. The van der Waals surface area contributed by atoms with E-state index in [-0.39, 0.29) is 17.9 Å². The van der Waals surface area contributed by atoms with E-state index in [0.29, 0.717) is 44.8 Å². The second-order valence-electron chi connectivity index (χ2n) is 8.38. The van der Waals surface area contributed by atoms with E-state index >= 15 is 0 Å². The summed E-state index contributed by atoms with van der Waals surface area (Å²) in [4.78, 5) is 39.4. The molecule has 1 aliphatic heterocycles. The molecule has 4 rings (SSSR count). The van der Waals surface area contributed by atoms with Gasteiger partial charge in [-0.2, -0.15) is 0 Å². The number of carbonyl (C=O) groups is 3. The Morgan fingerprint density at radius 3 is 2.33 bits per heavy atom. The summed E-state index contributed by atoms with van der Waals surface area (Å²) in [5.41, 5.74) is 1.98. The molecule has 0 unspecified atom stereocenters. The molecule has 0 bridgehead atoms. The second kappa shape index (κ2) is 12.1. The Morgan fingerprint density at radius 1 is 0.949 bits per heavy atom. The number of anilines is 1.